The van der Waals surface area contributed by atoms with Crippen LogP contribution in [0.15, 0.2) is 18.2 Å². The third-order valence-corrected chi connectivity index (χ3v) is 1.81. The first-order chi connectivity index (χ1) is 7.15. The van der Waals surface area contributed by atoms with Crippen molar-refractivity contribution in [1.29, 1.82) is 0 Å². The number of aryl methyl sites for hydroxylation is 1. The summed E-state index contributed by atoms with van der Waals surface area (Å²) in [6.07, 6.45) is 0.937. The molecule has 0 N–H and O–H groups in total. The lowest BCUT2D eigenvalue weighted by Gasteiger charge is -2.05. The molecule has 0 atom stereocenters. The molecule has 80 valence electrons. The molecular formula is C10H11NO4. The van der Waals surface area contributed by atoms with E-state index in [1.54, 1.807) is 12.1 Å². The Hall–Kier alpha value is -1.91. The minimum absolute atomic E-state index is 0.0773. The van der Waals surface area contributed by atoms with Gasteiger partial charge in [0.05, 0.1) is 11.5 Å². The highest BCUT2D eigenvalue weighted by Crippen LogP contribution is 2.27. The van der Waals surface area contributed by atoms with Gasteiger partial charge in [0.25, 0.3) is 0 Å². The molecule has 0 aliphatic carbocycles. The summed E-state index contributed by atoms with van der Waals surface area (Å²) in [6.45, 7) is 1.98. The van der Waals surface area contributed by atoms with Crippen molar-refractivity contribution in [3.63, 3.8) is 0 Å². The van der Waals surface area contributed by atoms with E-state index in [2.05, 4.69) is 0 Å². The number of hydrogen-bond acceptors (Lipinski definition) is 4. The van der Waals surface area contributed by atoms with Gasteiger partial charge >= 0.3 is 5.69 Å². The molecule has 1 aromatic rings. The SMILES string of the molecule is Cc1ccc([N+](=O)[O-])c(OCCC=O)c1. The van der Waals surface area contributed by atoms with Crippen LogP contribution < -0.4 is 4.74 Å². The maximum absolute atomic E-state index is 10.6. The second kappa shape index (κ2) is 5.09. The summed E-state index contributed by atoms with van der Waals surface area (Å²) in [5, 5.41) is 10.6. The smallest absolute Gasteiger partial charge is 0.310 e. The number of carbonyl (C=O) groups is 1. The summed E-state index contributed by atoms with van der Waals surface area (Å²) in [6, 6.07) is 4.62. The first kappa shape index (κ1) is 11.2. The molecular weight excluding hydrogens is 198 g/mol. The maximum atomic E-state index is 10.6. The molecule has 15 heavy (non-hydrogen) atoms. The Morgan fingerprint density at radius 1 is 1.53 bits per heavy atom. The Labute approximate surface area is 86.8 Å². The number of nitro groups is 1. The van der Waals surface area contributed by atoms with E-state index in [1.165, 1.54) is 6.07 Å². The number of hydrogen-bond donors (Lipinski definition) is 0. The molecule has 1 aromatic carbocycles. The Kier molecular flexibility index (Phi) is 3.79. The second-order valence-corrected chi connectivity index (χ2v) is 3.03. The van der Waals surface area contributed by atoms with Gasteiger partial charge in [-0.25, -0.2) is 0 Å². The molecule has 0 spiro atoms. The van der Waals surface area contributed by atoms with E-state index in [4.69, 9.17) is 4.74 Å². The number of nitrogens with zero attached hydrogens (tertiary/aromatic N) is 1. The lowest BCUT2D eigenvalue weighted by molar-refractivity contribution is -0.385. The zero-order chi connectivity index (χ0) is 11.3. The lowest BCUT2D eigenvalue weighted by Crippen LogP contribution is -2.01. The molecule has 0 aliphatic rings. The minimum atomic E-state index is -0.504. The average molecular weight is 209 g/mol. The Morgan fingerprint density at radius 2 is 2.27 bits per heavy atom. The molecule has 0 radical (unpaired) electrons. The number of rotatable bonds is 5. The van der Waals surface area contributed by atoms with Crippen LogP contribution in [-0.2, 0) is 4.79 Å². The van der Waals surface area contributed by atoms with Gasteiger partial charge in [0, 0.05) is 12.5 Å². The molecule has 1 rings (SSSR count). The topological polar surface area (TPSA) is 69.4 Å². The van der Waals surface area contributed by atoms with Crippen molar-refractivity contribution in [2.45, 2.75) is 13.3 Å². The van der Waals surface area contributed by atoms with Gasteiger partial charge in [-0.2, -0.15) is 0 Å². The first-order valence-corrected chi connectivity index (χ1v) is 4.46. The molecule has 0 aliphatic heterocycles. The summed E-state index contributed by atoms with van der Waals surface area (Å²) in [7, 11) is 0. The molecule has 0 fully saturated rings. The summed E-state index contributed by atoms with van der Waals surface area (Å²) in [5.74, 6) is 0.210. The number of nitro benzene ring substituents is 1. The van der Waals surface area contributed by atoms with E-state index in [9.17, 15) is 14.9 Å². The van der Waals surface area contributed by atoms with Crippen molar-refractivity contribution in [2.75, 3.05) is 6.61 Å². The van der Waals surface area contributed by atoms with Crippen LogP contribution in [0.5, 0.6) is 5.75 Å². The first-order valence-electron chi connectivity index (χ1n) is 4.46. The Morgan fingerprint density at radius 3 is 2.87 bits per heavy atom. The second-order valence-electron chi connectivity index (χ2n) is 3.03. The van der Waals surface area contributed by atoms with E-state index in [0.717, 1.165) is 5.56 Å². The molecule has 0 unspecified atom stereocenters. The minimum Gasteiger partial charge on any atom is -0.486 e. The van der Waals surface area contributed by atoms with E-state index in [0.29, 0.717) is 6.29 Å². The highest BCUT2D eigenvalue weighted by atomic mass is 16.6. The third kappa shape index (κ3) is 3.05. The lowest BCUT2D eigenvalue weighted by atomic mass is 10.2. The monoisotopic (exact) mass is 209 g/mol. The fraction of sp³-hybridized carbons (Fsp3) is 0.300. The van der Waals surface area contributed by atoms with Gasteiger partial charge in [0.2, 0.25) is 0 Å². The van der Waals surface area contributed by atoms with Crippen LogP contribution in [0.4, 0.5) is 5.69 Å². The van der Waals surface area contributed by atoms with Crippen molar-refractivity contribution >= 4 is 12.0 Å². The van der Waals surface area contributed by atoms with Crippen molar-refractivity contribution in [3.8, 4) is 5.75 Å². The molecule has 5 heteroatoms. The molecule has 0 heterocycles. The van der Waals surface area contributed by atoms with Crippen LogP contribution in [0.1, 0.15) is 12.0 Å². The zero-order valence-electron chi connectivity index (χ0n) is 8.30. The van der Waals surface area contributed by atoms with Crippen LogP contribution in [0.25, 0.3) is 0 Å². The number of ether oxygens (including phenoxy) is 1. The van der Waals surface area contributed by atoms with Gasteiger partial charge < -0.3 is 9.53 Å². The van der Waals surface area contributed by atoms with E-state index >= 15 is 0 Å². The Bertz CT molecular complexity index is 376. The summed E-state index contributed by atoms with van der Waals surface area (Å²) in [5.41, 5.74) is 0.799. The quantitative estimate of drug-likeness (QED) is 0.321. The van der Waals surface area contributed by atoms with Gasteiger partial charge in [0.1, 0.15) is 6.29 Å². The summed E-state index contributed by atoms with van der Waals surface area (Å²) < 4.78 is 5.15. The van der Waals surface area contributed by atoms with Gasteiger partial charge in [-0.1, -0.05) is 6.07 Å². The fourth-order valence-electron chi connectivity index (χ4n) is 1.10. The highest BCUT2D eigenvalue weighted by Gasteiger charge is 2.14. The van der Waals surface area contributed by atoms with Crippen LogP contribution in [0.3, 0.4) is 0 Å². The van der Waals surface area contributed by atoms with Crippen LogP contribution >= 0.6 is 0 Å². The Balaban J connectivity index is 2.86. The molecule has 5 nitrogen and oxygen atoms in total. The van der Waals surface area contributed by atoms with Crippen LogP contribution in [-0.4, -0.2) is 17.8 Å². The normalized spacial score (nSPS) is 9.67. The van der Waals surface area contributed by atoms with Crippen molar-refractivity contribution in [1.82, 2.24) is 0 Å². The highest BCUT2D eigenvalue weighted by molar-refractivity contribution is 5.50. The molecule has 0 aromatic heterocycles. The zero-order valence-corrected chi connectivity index (χ0v) is 8.30. The predicted molar refractivity (Wildman–Crippen MR) is 54.0 cm³/mol. The van der Waals surface area contributed by atoms with Gasteiger partial charge in [-0.15, -0.1) is 0 Å². The maximum Gasteiger partial charge on any atom is 0.310 e. The van der Waals surface area contributed by atoms with Crippen molar-refractivity contribution in [2.24, 2.45) is 0 Å². The van der Waals surface area contributed by atoms with Gasteiger partial charge in [-0.05, 0) is 18.6 Å². The molecule has 0 saturated carbocycles. The van der Waals surface area contributed by atoms with E-state index < -0.39 is 4.92 Å². The van der Waals surface area contributed by atoms with E-state index in [1.807, 2.05) is 6.92 Å². The van der Waals surface area contributed by atoms with Crippen molar-refractivity contribution < 1.29 is 14.5 Å². The van der Waals surface area contributed by atoms with Gasteiger partial charge in [0.15, 0.2) is 5.75 Å². The van der Waals surface area contributed by atoms with Crippen molar-refractivity contribution in [3.05, 3.63) is 33.9 Å². The van der Waals surface area contributed by atoms with Crippen LogP contribution in [0, 0.1) is 17.0 Å². The number of carbonyl (C=O) groups excluding carboxylic acids is 1. The molecule has 0 saturated heterocycles. The van der Waals surface area contributed by atoms with Gasteiger partial charge in [-0.3, -0.25) is 10.1 Å². The molecule has 0 amide bonds. The van der Waals surface area contributed by atoms with E-state index in [-0.39, 0.29) is 24.5 Å². The number of aldehydes is 1. The predicted octanol–water partition coefficient (Wildman–Crippen LogP) is 1.87. The third-order valence-electron chi connectivity index (χ3n) is 1.81. The van der Waals surface area contributed by atoms with Crippen LogP contribution in [0.2, 0.25) is 0 Å². The summed E-state index contributed by atoms with van der Waals surface area (Å²) in [4.78, 5) is 20.2. The summed E-state index contributed by atoms with van der Waals surface area (Å²) >= 11 is 0. The average Bonchev–Trinajstić information content (AvgIpc) is 2.18. The molecule has 0 bridgehead atoms. The largest absolute Gasteiger partial charge is 0.486 e. The standard InChI is InChI=1S/C10H11NO4/c1-8-3-4-9(11(13)14)10(7-8)15-6-2-5-12/h3-5,7H,2,6H2,1H3. The fourth-order valence-corrected chi connectivity index (χ4v) is 1.10. The number of benzene rings is 1.